The molecule has 0 spiro atoms. The van der Waals surface area contributed by atoms with Gasteiger partial charge in [-0.1, -0.05) is 81.6 Å². The molecule has 3 unspecified atom stereocenters. The van der Waals surface area contributed by atoms with Crippen LogP contribution in [0.25, 0.3) is 0 Å². The van der Waals surface area contributed by atoms with Crippen molar-refractivity contribution in [1.82, 2.24) is 0 Å². The average Bonchev–Trinajstić information content (AvgIpc) is 2.53. The molecule has 0 saturated carbocycles. The van der Waals surface area contributed by atoms with E-state index in [1.165, 1.54) is 0 Å². The highest BCUT2D eigenvalue weighted by Gasteiger charge is 2.38. The average molecular weight is 393 g/mol. The molecule has 0 aromatic heterocycles. The summed E-state index contributed by atoms with van der Waals surface area (Å²) in [4.78, 5) is 0. The Balaban J connectivity index is 5.55. The van der Waals surface area contributed by atoms with Crippen LogP contribution in [0.2, 0.25) is 0 Å². The molecule has 0 rings (SSSR count). The Morgan fingerprint density at radius 3 is 0.962 bits per heavy atom. The largest absolute Gasteiger partial charge is 0.475 e. The second-order valence-corrected chi connectivity index (χ2v) is 10.0. The lowest BCUT2D eigenvalue weighted by atomic mass is 10.0. The van der Waals surface area contributed by atoms with Gasteiger partial charge in [0.2, 0.25) is 0 Å². The van der Waals surface area contributed by atoms with E-state index < -0.39 is 7.82 Å². The fourth-order valence-corrected chi connectivity index (χ4v) is 5.14. The van der Waals surface area contributed by atoms with Gasteiger partial charge in [0.25, 0.3) is 0 Å². The highest BCUT2D eigenvalue weighted by Crippen LogP contribution is 2.56. The van der Waals surface area contributed by atoms with Crippen LogP contribution in [0.1, 0.15) is 101 Å². The zero-order valence-corrected chi connectivity index (χ0v) is 19.7. The minimum atomic E-state index is -3.64. The summed E-state index contributed by atoms with van der Waals surface area (Å²) in [6.07, 6.45) is 5.16. The minimum Gasteiger partial charge on any atom is -0.283 e. The first-order chi connectivity index (χ1) is 12.1. The Hall–Kier alpha value is 0.110. The third-order valence-corrected chi connectivity index (χ3v) is 6.33. The Labute approximate surface area is 163 Å². The van der Waals surface area contributed by atoms with Crippen molar-refractivity contribution in [1.29, 1.82) is 0 Å². The van der Waals surface area contributed by atoms with Crippen molar-refractivity contribution in [3.05, 3.63) is 0 Å². The first kappa shape index (κ1) is 26.1. The number of phosphoric ester groups is 1. The third-order valence-electron chi connectivity index (χ3n) is 4.74. The van der Waals surface area contributed by atoms with Crippen molar-refractivity contribution in [3.8, 4) is 0 Å². The molecule has 0 saturated heterocycles. The van der Waals surface area contributed by atoms with Crippen LogP contribution in [0, 0.1) is 17.8 Å². The molecule has 0 aliphatic rings. The first-order valence-corrected chi connectivity index (χ1v) is 12.2. The third kappa shape index (κ3) is 9.88. The van der Waals surface area contributed by atoms with Gasteiger partial charge >= 0.3 is 7.82 Å². The van der Waals surface area contributed by atoms with Crippen LogP contribution in [0.4, 0.5) is 0 Å². The fourth-order valence-electron chi connectivity index (χ4n) is 2.95. The number of phosphoric acid groups is 1. The maximum atomic E-state index is 13.7. The molecule has 0 bridgehead atoms. The second kappa shape index (κ2) is 13.3. The summed E-state index contributed by atoms with van der Waals surface area (Å²) in [5.41, 5.74) is 0. The quantitative estimate of drug-likeness (QED) is 0.269. The highest BCUT2D eigenvalue weighted by atomic mass is 31.2. The summed E-state index contributed by atoms with van der Waals surface area (Å²) in [7, 11) is -3.64. The Kier molecular flexibility index (Phi) is 13.4. The van der Waals surface area contributed by atoms with E-state index in [2.05, 4.69) is 62.3 Å². The van der Waals surface area contributed by atoms with Gasteiger partial charge in [0.1, 0.15) is 0 Å². The van der Waals surface area contributed by atoms with Gasteiger partial charge in [-0.2, -0.15) is 0 Å². The molecular weight excluding hydrogens is 347 g/mol. The predicted octanol–water partition coefficient (Wildman–Crippen LogP) is 7.62. The molecule has 5 heteroatoms. The molecule has 158 valence electrons. The molecule has 0 heterocycles. The van der Waals surface area contributed by atoms with Crippen molar-refractivity contribution in [3.63, 3.8) is 0 Å². The molecule has 3 atom stereocenters. The van der Waals surface area contributed by atoms with Gasteiger partial charge in [0.05, 0.1) is 18.3 Å². The molecule has 0 radical (unpaired) electrons. The molecule has 0 amide bonds. The monoisotopic (exact) mass is 392 g/mol. The normalized spacial score (nSPS) is 18.3. The molecule has 26 heavy (non-hydrogen) atoms. The topological polar surface area (TPSA) is 44.8 Å². The molecule has 0 aromatic carbocycles. The van der Waals surface area contributed by atoms with E-state index in [-0.39, 0.29) is 36.1 Å². The first-order valence-electron chi connectivity index (χ1n) is 10.7. The molecule has 0 N–H and O–H groups in total. The summed E-state index contributed by atoms with van der Waals surface area (Å²) in [5, 5.41) is 0. The molecular formula is C21H45O4P. The van der Waals surface area contributed by atoms with Crippen LogP contribution in [-0.4, -0.2) is 18.3 Å². The second-order valence-electron chi connectivity index (χ2n) is 8.48. The lowest BCUT2D eigenvalue weighted by molar-refractivity contribution is -0.00630. The van der Waals surface area contributed by atoms with E-state index in [0.717, 1.165) is 38.5 Å². The summed E-state index contributed by atoms with van der Waals surface area (Å²) in [6, 6.07) is 0. The number of rotatable bonds is 15. The van der Waals surface area contributed by atoms with Crippen molar-refractivity contribution in [2.45, 2.75) is 119 Å². The SMILES string of the molecule is CCCC(OP(=O)(OC(CCC)C(C)C)OC(CCC)C(C)C)C(C)C. The van der Waals surface area contributed by atoms with Gasteiger partial charge in [-0.05, 0) is 37.0 Å². The summed E-state index contributed by atoms with van der Waals surface area (Å²) in [5.74, 6) is 0.800. The molecule has 0 aromatic rings. The van der Waals surface area contributed by atoms with Crippen molar-refractivity contribution < 1.29 is 18.1 Å². The Bertz CT molecular complexity index is 338. The maximum Gasteiger partial charge on any atom is 0.475 e. The molecule has 4 nitrogen and oxygen atoms in total. The zero-order valence-electron chi connectivity index (χ0n) is 18.8. The summed E-state index contributed by atoms with van der Waals surface area (Å²) in [6.45, 7) is 19.0. The maximum absolute atomic E-state index is 13.7. The molecule has 0 fully saturated rings. The number of hydrogen-bond donors (Lipinski definition) is 0. The standard InChI is InChI=1S/C21H45O4P/c1-10-13-19(16(4)5)23-26(22,24-20(14-11-2)17(6)7)25-21(15-12-3)18(8)9/h16-21H,10-15H2,1-9H3. The summed E-state index contributed by atoms with van der Waals surface area (Å²) < 4.78 is 32.0. The highest BCUT2D eigenvalue weighted by molar-refractivity contribution is 7.48. The van der Waals surface area contributed by atoms with Gasteiger partial charge in [-0.3, -0.25) is 13.6 Å². The van der Waals surface area contributed by atoms with E-state index >= 15 is 0 Å². The van der Waals surface area contributed by atoms with E-state index in [1.54, 1.807) is 0 Å². The van der Waals surface area contributed by atoms with Crippen LogP contribution in [-0.2, 0) is 18.1 Å². The minimum absolute atomic E-state index is 0.116. The lowest BCUT2D eigenvalue weighted by Crippen LogP contribution is -2.27. The van der Waals surface area contributed by atoms with E-state index in [4.69, 9.17) is 13.6 Å². The molecule has 0 aliphatic carbocycles. The van der Waals surface area contributed by atoms with Gasteiger partial charge in [0, 0.05) is 0 Å². The van der Waals surface area contributed by atoms with E-state index in [1.807, 2.05) is 0 Å². The lowest BCUT2D eigenvalue weighted by Gasteiger charge is -2.33. The Morgan fingerprint density at radius 1 is 0.577 bits per heavy atom. The van der Waals surface area contributed by atoms with Crippen molar-refractivity contribution >= 4 is 7.82 Å². The van der Waals surface area contributed by atoms with Gasteiger partial charge in [-0.15, -0.1) is 0 Å². The Morgan fingerprint density at radius 2 is 0.808 bits per heavy atom. The number of hydrogen-bond acceptors (Lipinski definition) is 4. The van der Waals surface area contributed by atoms with E-state index in [0.29, 0.717) is 0 Å². The van der Waals surface area contributed by atoms with Gasteiger partial charge in [-0.25, -0.2) is 4.57 Å². The molecule has 0 aliphatic heterocycles. The predicted molar refractivity (Wildman–Crippen MR) is 111 cm³/mol. The van der Waals surface area contributed by atoms with Gasteiger partial charge < -0.3 is 0 Å². The van der Waals surface area contributed by atoms with Crippen molar-refractivity contribution in [2.75, 3.05) is 0 Å². The van der Waals surface area contributed by atoms with Crippen molar-refractivity contribution in [2.24, 2.45) is 17.8 Å². The zero-order chi connectivity index (χ0) is 20.3. The van der Waals surface area contributed by atoms with Gasteiger partial charge in [0.15, 0.2) is 0 Å². The van der Waals surface area contributed by atoms with Crippen LogP contribution < -0.4 is 0 Å². The van der Waals surface area contributed by atoms with E-state index in [9.17, 15) is 4.57 Å². The van der Waals surface area contributed by atoms with Crippen LogP contribution in [0.3, 0.4) is 0 Å². The van der Waals surface area contributed by atoms with Crippen LogP contribution in [0.5, 0.6) is 0 Å². The fraction of sp³-hybridized carbons (Fsp3) is 1.00. The van der Waals surface area contributed by atoms with Crippen LogP contribution in [0.15, 0.2) is 0 Å². The summed E-state index contributed by atoms with van der Waals surface area (Å²) >= 11 is 0. The van der Waals surface area contributed by atoms with Crippen LogP contribution >= 0.6 is 7.82 Å². The smallest absolute Gasteiger partial charge is 0.283 e.